The third-order valence-corrected chi connectivity index (χ3v) is 13.2. The summed E-state index contributed by atoms with van der Waals surface area (Å²) in [5.74, 6) is -1.54. The van der Waals surface area contributed by atoms with Crippen LogP contribution >= 0.6 is 0 Å². The molecule has 4 aliphatic carbocycles. The summed E-state index contributed by atoms with van der Waals surface area (Å²) in [6, 6.07) is 0. The van der Waals surface area contributed by atoms with Crippen LogP contribution in [0, 0.1) is 10.8 Å². The summed E-state index contributed by atoms with van der Waals surface area (Å²) in [6.45, 7) is 10.2. The SMILES string of the molecule is CC1=C2[C@@H]3OC(=O)C(O)(CN4CCN(CC5(O)C(=O)O[C@H]6C7=C(C)CCC[C@]7(C)CCC65O)CC4)C3(O)CC[C@]2(C)CCC1. The lowest BCUT2D eigenvalue weighted by molar-refractivity contribution is -0.179. The van der Waals surface area contributed by atoms with Gasteiger partial charge in [-0.3, -0.25) is 9.80 Å². The number of carbonyl (C=O) groups excluding carboxylic acids is 2. The number of rotatable bonds is 4. The Bertz CT molecular complexity index is 1240. The van der Waals surface area contributed by atoms with Crippen LogP contribution in [-0.2, 0) is 19.1 Å². The molecule has 0 radical (unpaired) electrons. The number of hydrogen-bond acceptors (Lipinski definition) is 10. The van der Waals surface area contributed by atoms with Gasteiger partial charge in [0.25, 0.3) is 0 Å². The standard InChI is InChI=1S/C34H50N2O8/c1-21-7-5-9-29(3)11-13-31(39)25(23(21)29)43-27(37)33(31,41)19-35-15-17-36(18-16-35)20-34(42)28(38)44-26-24-22(2)8-6-10-30(24,4)12-14-32(26,34)40/h25-26,39-42H,5-20H2,1-4H3/t25-,26-,29-,30+,31?,32?,33?,34?/m0/s1. The van der Waals surface area contributed by atoms with Gasteiger partial charge in [0.2, 0.25) is 11.2 Å². The lowest BCUT2D eigenvalue weighted by Gasteiger charge is -2.52. The minimum atomic E-state index is -2.05. The van der Waals surface area contributed by atoms with Gasteiger partial charge in [0.05, 0.1) is 0 Å². The highest BCUT2D eigenvalue weighted by molar-refractivity contribution is 5.86. The van der Waals surface area contributed by atoms with E-state index < -0.39 is 46.6 Å². The first kappa shape index (κ1) is 30.8. The van der Waals surface area contributed by atoms with Gasteiger partial charge in [-0.15, -0.1) is 0 Å². The Labute approximate surface area is 260 Å². The van der Waals surface area contributed by atoms with Crippen LogP contribution in [0.25, 0.3) is 0 Å². The Morgan fingerprint density at radius 3 is 1.36 bits per heavy atom. The molecule has 5 fully saturated rings. The Balaban J connectivity index is 1.05. The molecule has 3 aliphatic heterocycles. The normalized spacial score (nSPS) is 48.0. The van der Waals surface area contributed by atoms with Gasteiger partial charge in [-0.25, -0.2) is 9.59 Å². The molecule has 7 rings (SSSR count). The molecule has 0 amide bonds. The third-order valence-electron chi connectivity index (χ3n) is 13.2. The lowest BCUT2D eigenvalue weighted by Crippen LogP contribution is -2.68. The van der Waals surface area contributed by atoms with Crippen molar-refractivity contribution in [3.63, 3.8) is 0 Å². The first-order valence-electron chi connectivity index (χ1n) is 16.8. The number of hydrogen-bond donors (Lipinski definition) is 4. The summed E-state index contributed by atoms with van der Waals surface area (Å²) >= 11 is 0. The third kappa shape index (κ3) is 4.00. The average molecular weight is 615 g/mol. The maximum absolute atomic E-state index is 13.3. The number of β-amino-alcohol motifs (C(OH)–C–C–N with tert-alkyl or cyclic N) is 2. The van der Waals surface area contributed by atoms with Crippen LogP contribution in [0.2, 0.25) is 0 Å². The van der Waals surface area contributed by atoms with E-state index in [1.165, 1.54) is 0 Å². The molecule has 0 bridgehead atoms. The number of allylic oxidation sites excluding steroid dienone is 2. The lowest BCUT2D eigenvalue weighted by atomic mass is 9.57. The largest absolute Gasteiger partial charge is 0.452 e. The summed E-state index contributed by atoms with van der Waals surface area (Å²) in [6.07, 6.45) is 6.20. The molecule has 44 heavy (non-hydrogen) atoms. The number of piperazine rings is 1. The Morgan fingerprint density at radius 1 is 0.636 bits per heavy atom. The van der Waals surface area contributed by atoms with Gasteiger partial charge in [-0.1, -0.05) is 25.0 Å². The highest BCUT2D eigenvalue weighted by Crippen LogP contribution is 2.59. The van der Waals surface area contributed by atoms with Gasteiger partial charge >= 0.3 is 11.9 Å². The minimum Gasteiger partial charge on any atom is -0.452 e. The quantitative estimate of drug-likeness (QED) is 0.275. The molecule has 10 nitrogen and oxygen atoms in total. The topological polar surface area (TPSA) is 140 Å². The van der Waals surface area contributed by atoms with Crippen molar-refractivity contribution in [3.05, 3.63) is 22.3 Å². The number of aliphatic hydroxyl groups is 4. The van der Waals surface area contributed by atoms with Crippen molar-refractivity contribution in [3.8, 4) is 0 Å². The minimum absolute atomic E-state index is 0.0555. The fraction of sp³-hybridized carbons (Fsp3) is 0.824. The number of ether oxygens (including phenoxy) is 2. The van der Waals surface area contributed by atoms with Gasteiger partial charge < -0.3 is 29.9 Å². The van der Waals surface area contributed by atoms with E-state index in [4.69, 9.17) is 9.47 Å². The first-order valence-corrected chi connectivity index (χ1v) is 16.8. The molecular weight excluding hydrogens is 564 g/mol. The number of nitrogens with zero attached hydrogens (tertiary/aromatic N) is 2. The number of carbonyl (C=O) groups is 2. The Morgan fingerprint density at radius 2 is 1.00 bits per heavy atom. The zero-order valence-electron chi connectivity index (χ0n) is 26.8. The predicted molar refractivity (Wildman–Crippen MR) is 160 cm³/mol. The molecule has 0 aromatic rings. The average Bonchev–Trinajstić information content (AvgIpc) is 3.28. The van der Waals surface area contributed by atoms with E-state index in [1.54, 1.807) is 0 Å². The summed E-state index contributed by atoms with van der Waals surface area (Å²) in [5, 5.41) is 47.7. The maximum atomic E-state index is 13.3. The molecule has 244 valence electrons. The van der Waals surface area contributed by atoms with Crippen LogP contribution in [0.1, 0.15) is 91.9 Å². The van der Waals surface area contributed by atoms with Gasteiger partial charge in [-0.05, 0) is 100 Å². The summed E-state index contributed by atoms with van der Waals surface area (Å²) < 4.78 is 11.7. The predicted octanol–water partition coefficient (Wildman–Crippen LogP) is 1.98. The molecule has 8 atom stereocenters. The molecule has 0 spiro atoms. The van der Waals surface area contributed by atoms with Crippen LogP contribution in [0.15, 0.2) is 22.3 Å². The number of esters is 2. The van der Waals surface area contributed by atoms with Crippen LogP contribution in [-0.4, -0.2) is 116 Å². The second-order valence-electron chi connectivity index (χ2n) is 15.9. The van der Waals surface area contributed by atoms with E-state index in [1.807, 2.05) is 9.80 Å². The molecule has 3 heterocycles. The molecule has 4 N–H and O–H groups in total. The van der Waals surface area contributed by atoms with Crippen LogP contribution in [0.3, 0.4) is 0 Å². The van der Waals surface area contributed by atoms with E-state index in [2.05, 4.69) is 27.7 Å². The summed E-state index contributed by atoms with van der Waals surface area (Å²) in [7, 11) is 0. The van der Waals surface area contributed by atoms with Crippen molar-refractivity contribution in [2.75, 3.05) is 39.3 Å². The van der Waals surface area contributed by atoms with Crippen LogP contribution in [0.4, 0.5) is 0 Å². The van der Waals surface area contributed by atoms with E-state index in [0.717, 1.165) is 60.8 Å². The fourth-order valence-corrected chi connectivity index (χ4v) is 10.4. The van der Waals surface area contributed by atoms with Gasteiger partial charge in [-0.2, -0.15) is 0 Å². The Kier molecular flexibility index (Phi) is 6.89. The van der Waals surface area contributed by atoms with Crippen molar-refractivity contribution < 1.29 is 39.5 Å². The molecular formula is C34H50N2O8. The van der Waals surface area contributed by atoms with E-state index in [0.29, 0.717) is 39.0 Å². The van der Waals surface area contributed by atoms with Crippen LogP contribution < -0.4 is 0 Å². The van der Waals surface area contributed by atoms with Crippen molar-refractivity contribution in [1.29, 1.82) is 0 Å². The molecule has 7 aliphatic rings. The van der Waals surface area contributed by atoms with Gasteiger partial charge in [0.15, 0.2) is 12.2 Å². The maximum Gasteiger partial charge on any atom is 0.343 e. The van der Waals surface area contributed by atoms with Crippen LogP contribution in [0.5, 0.6) is 0 Å². The summed E-state index contributed by atoms with van der Waals surface area (Å²) in [5.41, 5.74) is -3.49. The second kappa shape index (κ2) is 9.84. The molecule has 0 aromatic heterocycles. The Hall–Kier alpha value is -1.82. The van der Waals surface area contributed by atoms with Crippen molar-refractivity contribution in [1.82, 2.24) is 9.80 Å². The zero-order valence-corrected chi connectivity index (χ0v) is 26.8. The smallest absolute Gasteiger partial charge is 0.343 e. The molecule has 10 heteroatoms. The molecule has 3 saturated heterocycles. The van der Waals surface area contributed by atoms with E-state index in [-0.39, 0.29) is 36.8 Å². The van der Waals surface area contributed by atoms with Gasteiger partial charge in [0, 0.05) is 39.3 Å². The second-order valence-corrected chi connectivity index (χ2v) is 15.9. The highest BCUT2D eigenvalue weighted by atomic mass is 16.6. The summed E-state index contributed by atoms with van der Waals surface area (Å²) in [4.78, 5) is 30.5. The molecule has 2 saturated carbocycles. The van der Waals surface area contributed by atoms with Crippen molar-refractivity contribution in [2.45, 2.75) is 127 Å². The first-order chi connectivity index (χ1) is 20.6. The molecule has 4 unspecified atom stereocenters. The fourth-order valence-electron chi connectivity index (χ4n) is 10.4. The van der Waals surface area contributed by atoms with Gasteiger partial charge in [0.1, 0.15) is 11.2 Å². The van der Waals surface area contributed by atoms with Crippen molar-refractivity contribution in [2.24, 2.45) is 10.8 Å². The zero-order chi connectivity index (χ0) is 31.5. The monoisotopic (exact) mass is 614 g/mol. The van der Waals surface area contributed by atoms with Crippen molar-refractivity contribution >= 4 is 11.9 Å². The number of fused-ring (bicyclic) bond motifs is 6. The van der Waals surface area contributed by atoms with E-state index >= 15 is 0 Å². The highest BCUT2D eigenvalue weighted by Gasteiger charge is 2.73. The van der Waals surface area contributed by atoms with E-state index in [9.17, 15) is 30.0 Å². The molecule has 0 aromatic carbocycles.